The molecule has 0 unspecified atom stereocenters. The number of para-hydroxylation sites is 2. The number of nitrogens with one attached hydrogen (secondary N) is 1. The standard InChI is InChI=1S/C22H20ClN.C12H8ClN.C10H13Br/c1-22(2,3)15-7-6-8-17(13-15)24-20-10-5-4-9-18(20)19-12-11-16(23)14-21(19)24;13-8-5-6-10-9-3-1-2-4-11(9)14-12(10)7-8;1-10(2,3)8-5-4-6-9(11)7-8/h4-14H,1-3H3;1-7,14H;4-7H,1-3H3. The van der Waals surface area contributed by atoms with Crippen LogP contribution in [0.5, 0.6) is 0 Å². The first kappa shape index (κ1) is 34.8. The number of benzene rings is 6. The van der Waals surface area contributed by atoms with Crippen LogP contribution in [0.2, 0.25) is 10.0 Å². The maximum atomic E-state index is 6.30. The molecule has 49 heavy (non-hydrogen) atoms. The van der Waals surface area contributed by atoms with Gasteiger partial charge in [0, 0.05) is 52.8 Å². The zero-order valence-electron chi connectivity index (χ0n) is 28.8. The number of hydrogen-bond donors (Lipinski definition) is 1. The molecule has 2 heterocycles. The summed E-state index contributed by atoms with van der Waals surface area (Å²) in [6, 6.07) is 46.1. The SMILES string of the molecule is CC(C)(C)c1cccc(-n2c3ccccc3c3ccc(Cl)cc32)c1.CC(C)(C)c1cccc(Br)c1.Clc1ccc2c(c1)[nH]c1ccccc12. The first-order valence-corrected chi connectivity index (χ1v) is 18.1. The lowest BCUT2D eigenvalue weighted by Gasteiger charge is -2.20. The topological polar surface area (TPSA) is 20.7 Å². The molecule has 0 radical (unpaired) electrons. The Bertz CT molecular complexity index is 2400. The molecule has 0 bridgehead atoms. The third kappa shape index (κ3) is 7.75. The van der Waals surface area contributed by atoms with Crippen molar-refractivity contribution in [3.8, 4) is 5.69 Å². The summed E-state index contributed by atoms with van der Waals surface area (Å²) in [5, 5.41) is 6.49. The van der Waals surface area contributed by atoms with Crippen LogP contribution in [0.4, 0.5) is 0 Å². The van der Waals surface area contributed by atoms with Gasteiger partial charge in [-0.05, 0) is 82.6 Å². The summed E-state index contributed by atoms with van der Waals surface area (Å²) >= 11 is 15.7. The number of halogens is 3. The van der Waals surface area contributed by atoms with Gasteiger partial charge in [-0.1, -0.05) is 153 Å². The number of rotatable bonds is 1. The van der Waals surface area contributed by atoms with E-state index >= 15 is 0 Å². The van der Waals surface area contributed by atoms with E-state index in [0.29, 0.717) is 0 Å². The fraction of sp³-hybridized carbons (Fsp3) is 0.182. The Kier molecular flexibility index (Phi) is 10.0. The molecule has 2 aromatic heterocycles. The van der Waals surface area contributed by atoms with Crippen molar-refractivity contribution in [3.63, 3.8) is 0 Å². The van der Waals surface area contributed by atoms with Crippen molar-refractivity contribution in [2.45, 2.75) is 52.4 Å². The average Bonchev–Trinajstić information content (AvgIpc) is 3.59. The summed E-state index contributed by atoms with van der Waals surface area (Å²) in [7, 11) is 0. The number of aromatic amines is 1. The minimum Gasteiger partial charge on any atom is -0.354 e. The zero-order chi connectivity index (χ0) is 34.9. The molecule has 0 saturated carbocycles. The molecule has 1 N–H and O–H groups in total. The van der Waals surface area contributed by atoms with Crippen molar-refractivity contribution in [1.82, 2.24) is 9.55 Å². The molecule has 0 saturated heterocycles. The predicted octanol–water partition coefficient (Wildman–Crippen LogP) is 14.5. The second-order valence-electron chi connectivity index (χ2n) is 14.4. The Morgan fingerprint density at radius 2 is 1.04 bits per heavy atom. The summed E-state index contributed by atoms with van der Waals surface area (Å²) in [5.41, 5.74) is 8.85. The van der Waals surface area contributed by atoms with Gasteiger partial charge >= 0.3 is 0 Å². The summed E-state index contributed by atoms with van der Waals surface area (Å²) in [6.07, 6.45) is 0. The van der Waals surface area contributed by atoms with Crippen LogP contribution in [0.15, 0.2) is 138 Å². The van der Waals surface area contributed by atoms with E-state index in [9.17, 15) is 0 Å². The van der Waals surface area contributed by atoms with Crippen LogP contribution in [0.1, 0.15) is 52.7 Å². The highest BCUT2D eigenvalue weighted by Gasteiger charge is 2.17. The average molecular weight is 749 g/mol. The second kappa shape index (κ2) is 14.1. The second-order valence-corrected chi connectivity index (χ2v) is 16.2. The molecular formula is C44H41BrCl2N2. The quantitative estimate of drug-likeness (QED) is 0.173. The van der Waals surface area contributed by atoms with Gasteiger partial charge in [0.15, 0.2) is 0 Å². The fourth-order valence-electron chi connectivity index (χ4n) is 6.12. The molecule has 0 spiro atoms. The van der Waals surface area contributed by atoms with E-state index in [1.54, 1.807) is 0 Å². The molecule has 0 amide bonds. The molecule has 0 aliphatic rings. The van der Waals surface area contributed by atoms with Crippen LogP contribution in [0.25, 0.3) is 49.3 Å². The maximum Gasteiger partial charge on any atom is 0.0555 e. The molecule has 0 atom stereocenters. The van der Waals surface area contributed by atoms with Crippen molar-refractivity contribution in [3.05, 3.63) is 159 Å². The summed E-state index contributed by atoms with van der Waals surface area (Å²) in [4.78, 5) is 3.33. The number of fused-ring (bicyclic) bond motifs is 6. The molecule has 0 aliphatic heterocycles. The van der Waals surface area contributed by atoms with E-state index in [0.717, 1.165) is 31.1 Å². The summed E-state index contributed by atoms with van der Waals surface area (Å²) in [5.74, 6) is 0. The number of aromatic nitrogens is 2. The molecule has 8 aromatic rings. The molecule has 6 aromatic carbocycles. The van der Waals surface area contributed by atoms with Crippen LogP contribution in [0.3, 0.4) is 0 Å². The third-order valence-corrected chi connectivity index (χ3v) is 9.73. The smallest absolute Gasteiger partial charge is 0.0555 e. The van der Waals surface area contributed by atoms with Gasteiger partial charge in [-0.3, -0.25) is 0 Å². The van der Waals surface area contributed by atoms with Gasteiger partial charge in [-0.2, -0.15) is 0 Å². The Hall–Kier alpha value is -4.02. The Labute approximate surface area is 307 Å². The lowest BCUT2D eigenvalue weighted by atomic mass is 9.87. The van der Waals surface area contributed by atoms with Gasteiger partial charge in [0.2, 0.25) is 0 Å². The molecule has 8 rings (SSSR count). The Morgan fingerprint density at radius 1 is 0.490 bits per heavy atom. The normalized spacial score (nSPS) is 11.8. The van der Waals surface area contributed by atoms with Crippen molar-refractivity contribution < 1.29 is 0 Å². The molecular weight excluding hydrogens is 707 g/mol. The molecule has 5 heteroatoms. The van der Waals surface area contributed by atoms with E-state index < -0.39 is 0 Å². The Morgan fingerprint density at radius 3 is 1.71 bits per heavy atom. The number of H-pyrrole nitrogens is 1. The van der Waals surface area contributed by atoms with Gasteiger partial charge in [0.1, 0.15) is 0 Å². The van der Waals surface area contributed by atoms with E-state index in [-0.39, 0.29) is 10.8 Å². The number of nitrogens with zero attached hydrogens (tertiary/aromatic N) is 1. The maximum absolute atomic E-state index is 6.30. The van der Waals surface area contributed by atoms with Crippen molar-refractivity contribution in [2.24, 2.45) is 0 Å². The van der Waals surface area contributed by atoms with Crippen LogP contribution >= 0.6 is 39.1 Å². The lowest BCUT2D eigenvalue weighted by Crippen LogP contribution is -2.11. The monoisotopic (exact) mass is 746 g/mol. The summed E-state index contributed by atoms with van der Waals surface area (Å²) in [6.45, 7) is 13.4. The highest BCUT2D eigenvalue weighted by Crippen LogP contribution is 2.35. The van der Waals surface area contributed by atoms with E-state index in [2.05, 4.69) is 170 Å². The van der Waals surface area contributed by atoms with Crippen molar-refractivity contribution in [1.29, 1.82) is 0 Å². The van der Waals surface area contributed by atoms with E-state index in [4.69, 9.17) is 23.2 Å². The van der Waals surface area contributed by atoms with Gasteiger partial charge in [0.05, 0.1) is 11.0 Å². The van der Waals surface area contributed by atoms with Gasteiger partial charge in [-0.15, -0.1) is 0 Å². The first-order valence-electron chi connectivity index (χ1n) is 16.5. The Balaban J connectivity index is 0.000000141. The van der Waals surface area contributed by atoms with Gasteiger partial charge < -0.3 is 9.55 Å². The van der Waals surface area contributed by atoms with Crippen molar-refractivity contribution >= 4 is 82.7 Å². The largest absolute Gasteiger partial charge is 0.354 e. The predicted molar refractivity (Wildman–Crippen MR) is 218 cm³/mol. The first-order chi connectivity index (χ1) is 23.3. The van der Waals surface area contributed by atoms with Crippen molar-refractivity contribution in [2.75, 3.05) is 0 Å². The third-order valence-electron chi connectivity index (χ3n) is 8.77. The zero-order valence-corrected chi connectivity index (χ0v) is 31.9. The molecule has 0 fully saturated rings. The molecule has 248 valence electrons. The van der Waals surface area contributed by atoms with Gasteiger partial charge in [-0.25, -0.2) is 0 Å². The molecule has 2 nitrogen and oxygen atoms in total. The van der Waals surface area contributed by atoms with Gasteiger partial charge in [0.25, 0.3) is 0 Å². The highest BCUT2D eigenvalue weighted by molar-refractivity contribution is 9.10. The molecule has 0 aliphatic carbocycles. The summed E-state index contributed by atoms with van der Waals surface area (Å²) < 4.78 is 3.47. The fourth-order valence-corrected chi connectivity index (χ4v) is 6.85. The van der Waals surface area contributed by atoms with E-state index in [1.807, 2.05) is 30.3 Å². The lowest BCUT2D eigenvalue weighted by molar-refractivity contribution is 0.589. The van der Waals surface area contributed by atoms with Crippen LogP contribution in [-0.2, 0) is 10.8 Å². The van der Waals surface area contributed by atoms with E-state index in [1.165, 1.54) is 43.9 Å². The minimum absolute atomic E-state index is 0.117. The minimum atomic E-state index is 0.117. The van der Waals surface area contributed by atoms with Crippen LogP contribution in [-0.4, -0.2) is 9.55 Å². The van der Waals surface area contributed by atoms with Crippen LogP contribution < -0.4 is 0 Å². The van der Waals surface area contributed by atoms with Crippen LogP contribution in [0, 0.1) is 0 Å². The number of hydrogen-bond acceptors (Lipinski definition) is 0. The highest BCUT2D eigenvalue weighted by atomic mass is 79.9.